The van der Waals surface area contributed by atoms with Crippen molar-refractivity contribution in [1.29, 1.82) is 0 Å². The van der Waals surface area contributed by atoms with E-state index in [1.54, 1.807) is 0 Å². The molecule has 1 N–H and O–H groups in total. The molecule has 7 nitrogen and oxygen atoms in total. The van der Waals surface area contributed by atoms with Crippen LogP contribution >= 0.6 is 7.82 Å². The summed E-state index contributed by atoms with van der Waals surface area (Å²) in [6.07, 6.45) is 20.6. The summed E-state index contributed by atoms with van der Waals surface area (Å²) < 4.78 is 28.2. The van der Waals surface area contributed by atoms with Gasteiger partial charge in [-0.05, 0) is 6.42 Å². The van der Waals surface area contributed by atoms with Gasteiger partial charge in [0.2, 0.25) is 0 Å². The van der Waals surface area contributed by atoms with Crippen molar-refractivity contribution in [2.75, 3.05) is 48.0 Å². The van der Waals surface area contributed by atoms with E-state index in [4.69, 9.17) is 18.9 Å². The zero-order chi connectivity index (χ0) is 26.4. The molecule has 0 aliphatic heterocycles. The van der Waals surface area contributed by atoms with Gasteiger partial charge >= 0.3 is 0 Å². The summed E-state index contributed by atoms with van der Waals surface area (Å²) in [6, 6.07) is 0. The van der Waals surface area contributed by atoms with Crippen molar-refractivity contribution in [3.8, 4) is 0 Å². The highest BCUT2D eigenvalue weighted by Crippen LogP contribution is 2.41. The molecule has 0 amide bonds. The minimum absolute atomic E-state index is 0.246. The predicted octanol–water partition coefficient (Wildman–Crippen LogP) is 6.22. The number of aliphatic hydroxyl groups is 1. The van der Waals surface area contributed by atoms with Crippen LogP contribution in [0.2, 0.25) is 0 Å². The molecule has 0 heterocycles. The molecule has 0 aliphatic carbocycles. The van der Waals surface area contributed by atoms with E-state index in [0.29, 0.717) is 17.4 Å². The van der Waals surface area contributed by atoms with Gasteiger partial charge in [0.1, 0.15) is 18.8 Å². The number of quaternary nitrogens is 1. The second-order valence-electron chi connectivity index (χ2n) is 11.1. The average molecular weight is 524 g/mol. The first-order valence-electron chi connectivity index (χ1n) is 14.2. The van der Waals surface area contributed by atoms with Crippen molar-refractivity contribution >= 4 is 7.82 Å². The third-order valence-corrected chi connectivity index (χ3v) is 7.39. The fraction of sp³-hybridized carbons (Fsp3) is 1.00. The van der Waals surface area contributed by atoms with Crippen LogP contribution in [0.5, 0.6) is 0 Å². The summed E-state index contributed by atoms with van der Waals surface area (Å²) in [7, 11) is 3.01. The standard InChI is InChI=1S/C27H58NO6P/c1-6-7-8-9-10-11-12-13-14-15-16-17-18-19-20-21-22-26(23-28(2,3)4)34-35(30,31)33-25-27(24-29)32-5/h26-27,29H,6-25H2,1-5H3. The third-order valence-electron chi connectivity index (χ3n) is 6.36. The molecule has 0 rings (SSSR count). The van der Waals surface area contributed by atoms with Gasteiger partial charge in [-0.25, -0.2) is 0 Å². The van der Waals surface area contributed by atoms with Gasteiger partial charge in [0.15, 0.2) is 0 Å². The Labute approximate surface area is 217 Å². The number of likely N-dealkylation sites (N-methyl/N-ethyl adjacent to an activating group) is 1. The van der Waals surface area contributed by atoms with E-state index in [0.717, 1.165) is 12.8 Å². The maximum absolute atomic E-state index is 12.3. The highest BCUT2D eigenvalue weighted by Gasteiger charge is 2.24. The first kappa shape index (κ1) is 35.0. The Morgan fingerprint density at radius 1 is 0.771 bits per heavy atom. The lowest BCUT2D eigenvalue weighted by Gasteiger charge is -2.33. The van der Waals surface area contributed by atoms with E-state index < -0.39 is 20.0 Å². The van der Waals surface area contributed by atoms with E-state index in [1.165, 1.54) is 97.0 Å². The van der Waals surface area contributed by atoms with Crippen LogP contribution in [0.1, 0.15) is 116 Å². The Kier molecular flexibility index (Phi) is 22.0. The Morgan fingerprint density at radius 3 is 1.57 bits per heavy atom. The lowest BCUT2D eigenvalue weighted by atomic mass is 10.0. The van der Waals surface area contributed by atoms with Crippen LogP contribution in [0.25, 0.3) is 0 Å². The van der Waals surface area contributed by atoms with Crippen molar-refractivity contribution in [1.82, 2.24) is 0 Å². The number of hydrogen-bond acceptors (Lipinski definition) is 6. The summed E-state index contributed by atoms with van der Waals surface area (Å²) in [6.45, 7) is 2.30. The highest BCUT2D eigenvalue weighted by atomic mass is 31.2. The monoisotopic (exact) mass is 523 g/mol. The van der Waals surface area contributed by atoms with Crippen LogP contribution in [0.3, 0.4) is 0 Å². The van der Waals surface area contributed by atoms with Gasteiger partial charge in [-0.1, -0.05) is 110 Å². The van der Waals surface area contributed by atoms with Gasteiger partial charge in [-0.2, -0.15) is 0 Å². The number of phosphoric ester groups is 1. The molecule has 0 saturated heterocycles. The summed E-state index contributed by atoms with van der Waals surface area (Å²) >= 11 is 0. The van der Waals surface area contributed by atoms with Crippen LogP contribution in [0, 0.1) is 0 Å². The molecule has 0 radical (unpaired) electrons. The number of rotatable bonds is 26. The molecule has 0 fully saturated rings. The molecule has 0 spiro atoms. The van der Waals surface area contributed by atoms with Gasteiger partial charge in [0, 0.05) is 7.11 Å². The van der Waals surface area contributed by atoms with Crippen LogP contribution in [0.15, 0.2) is 0 Å². The summed E-state index contributed by atoms with van der Waals surface area (Å²) in [5, 5.41) is 9.13. The van der Waals surface area contributed by atoms with Gasteiger partial charge in [0.05, 0.1) is 34.4 Å². The number of nitrogens with zero attached hydrogens (tertiary/aromatic N) is 1. The van der Waals surface area contributed by atoms with E-state index in [9.17, 15) is 9.46 Å². The fourth-order valence-electron chi connectivity index (χ4n) is 4.29. The van der Waals surface area contributed by atoms with Gasteiger partial charge in [-0.15, -0.1) is 0 Å². The number of phosphoric acid groups is 1. The van der Waals surface area contributed by atoms with Crippen molar-refractivity contribution in [2.45, 2.75) is 128 Å². The lowest BCUT2D eigenvalue weighted by molar-refractivity contribution is -0.873. The van der Waals surface area contributed by atoms with Gasteiger partial charge in [0.25, 0.3) is 7.82 Å². The first-order valence-corrected chi connectivity index (χ1v) is 15.7. The molecule has 0 saturated carbocycles. The smallest absolute Gasteiger partial charge is 0.268 e. The van der Waals surface area contributed by atoms with Crippen molar-refractivity contribution < 1.29 is 32.8 Å². The van der Waals surface area contributed by atoms with Crippen LogP contribution in [-0.4, -0.2) is 69.8 Å². The minimum atomic E-state index is -4.46. The number of ether oxygens (including phenoxy) is 1. The van der Waals surface area contributed by atoms with Crippen molar-refractivity contribution in [3.63, 3.8) is 0 Å². The van der Waals surface area contributed by atoms with E-state index in [1.807, 2.05) is 21.1 Å². The highest BCUT2D eigenvalue weighted by molar-refractivity contribution is 7.45. The number of methoxy groups -OCH3 is 1. The van der Waals surface area contributed by atoms with E-state index >= 15 is 0 Å². The molecule has 8 heteroatoms. The fourth-order valence-corrected chi connectivity index (χ4v) is 5.24. The Morgan fingerprint density at radius 2 is 1.20 bits per heavy atom. The van der Waals surface area contributed by atoms with Crippen molar-refractivity contribution in [2.24, 2.45) is 0 Å². The molecule has 0 aromatic carbocycles. The van der Waals surface area contributed by atoms with E-state index in [2.05, 4.69) is 6.92 Å². The van der Waals surface area contributed by atoms with Crippen LogP contribution in [0.4, 0.5) is 0 Å². The normalized spacial score (nSPS) is 15.7. The lowest BCUT2D eigenvalue weighted by Crippen LogP contribution is -2.42. The quantitative estimate of drug-likeness (QED) is 0.0822. The molecule has 0 bridgehead atoms. The van der Waals surface area contributed by atoms with Gasteiger partial charge in [-0.3, -0.25) is 4.57 Å². The van der Waals surface area contributed by atoms with Crippen LogP contribution in [-0.2, 0) is 18.3 Å². The second-order valence-corrected chi connectivity index (χ2v) is 12.4. The third kappa shape index (κ3) is 24.1. The molecular weight excluding hydrogens is 465 g/mol. The average Bonchev–Trinajstić information content (AvgIpc) is 2.78. The van der Waals surface area contributed by atoms with Crippen LogP contribution < -0.4 is 4.89 Å². The Hall–Kier alpha value is -0.0100. The molecule has 0 aromatic heterocycles. The minimum Gasteiger partial charge on any atom is -0.756 e. The Balaban J connectivity index is 3.92. The SMILES string of the molecule is CCCCCCCCCCCCCCCCCCC(C[N+](C)(C)C)OP(=O)([O-])OCC(CO)OC. The molecule has 212 valence electrons. The largest absolute Gasteiger partial charge is 0.756 e. The Bertz CT molecular complexity index is 510. The maximum Gasteiger partial charge on any atom is 0.268 e. The maximum atomic E-state index is 12.3. The molecule has 3 unspecified atom stereocenters. The first-order chi connectivity index (χ1) is 16.6. The topological polar surface area (TPSA) is 88.1 Å². The summed E-state index contributed by atoms with van der Waals surface area (Å²) in [4.78, 5) is 12.3. The zero-order valence-electron chi connectivity index (χ0n) is 23.7. The summed E-state index contributed by atoms with van der Waals surface area (Å²) in [5.41, 5.74) is 0. The number of aliphatic hydroxyl groups excluding tert-OH is 1. The summed E-state index contributed by atoms with van der Waals surface area (Å²) in [5.74, 6) is 0. The molecule has 35 heavy (non-hydrogen) atoms. The predicted molar refractivity (Wildman–Crippen MR) is 143 cm³/mol. The zero-order valence-corrected chi connectivity index (χ0v) is 24.6. The molecular formula is C27H58NO6P. The van der Waals surface area contributed by atoms with E-state index in [-0.39, 0.29) is 13.2 Å². The van der Waals surface area contributed by atoms with Crippen molar-refractivity contribution in [3.05, 3.63) is 0 Å². The second kappa shape index (κ2) is 22.0. The molecule has 0 aliphatic rings. The van der Waals surface area contributed by atoms with Gasteiger partial charge < -0.3 is 28.3 Å². The molecule has 0 aromatic rings. The number of unbranched alkanes of at least 4 members (excludes halogenated alkanes) is 15. The molecule has 3 atom stereocenters. The number of hydrogen-bond donors (Lipinski definition) is 1.